The first-order valence-electron chi connectivity index (χ1n) is 8.79. The Balaban J connectivity index is 2.21. The number of thiophene rings is 1. The van der Waals surface area contributed by atoms with Gasteiger partial charge in [0.1, 0.15) is 11.1 Å². The zero-order chi connectivity index (χ0) is 20.0. The van der Waals surface area contributed by atoms with E-state index in [4.69, 9.17) is 0 Å². The van der Waals surface area contributed by atoms with Gasteiger partial charge >= 0.3 is 0 Å². The van der Waals surface area contributed by atoms with Crippen molar-refractivity contribution in [2.24, 2.45) is 0 Å². The Morgan fingerprint density at radius 2 is 1.81 bits per heavy atom. The van der Waals surface area contributed by atoms with Gasteiger partial charge in [-0.1, -0.05) is 29.8 Å². The molecule has 1 aromatic carbocycles. The normalized spacial score (nSPS) is 10.6. The van der Waals surface area contributed by atoms with Crippen molar-refractivity contribution in [3.63, 3.8) is 0 Å². The maximum absolute atomic E-state index is 12.6. The first-order valence-corrected chi connectivity index (χ1v) is 9.61. The third kappa shape index (κ3) is 4.83. The van der Waals surface area contributed by atoms with E-state index in [1.165, 1.54) is 6.08 Å². The van der Waals surface area contributed by atoms with E-state index < -0.39 is 0 Å². The van der Waals surface area contributed by atoms with Crippen molar-refractivity contribution in [3.8, 4) is 6.07 Å². The van der Waals surface area contributed by atoms with Crippen molar-refractivity contribution in [2.75, 3.05) is 18.4 Å². The van der Waals surface area contributed by atoms with E-state index in [1.54, 1.807) is 17.9 Å². The molecule has 27 heavy (non-hydrogen) atoms. The minimum absolute atomic E-state index is 0.116. The lowest BCUT2D eigenvalue weighted by Crippen LogP contribution is -2.30. The number of nitrogens with zero attached hydrogens (tertiary/aromatic N) is 2. The van der Waals surface area contributed by atoms with Gasteiger partial charge in [-0.05, 0) is 44.9 Å². The Morgan fingerprint density at radius 1 is 1.19 bits per heavy atom. The van der Waals surface area contributed by atoms with E-state index in [0.29, 0.717) is 34.1 Å². The summed E-state index contributed by atoms with van der Waals surface area (Å²) < 4.78 is 0. The number of nitriles is 1. The molecule has 1 N–H and O–H groups in total. The van der Waals surface area contributed by atoms with Gasteiger partial charge in [0.25, 0.3) is 5.91 Å². The molecular formula is C21H23N3O2S. The summed E-state index contributed by atoms with van der Waals surface area (Å²) in [7, 11) is 0. The average molecular weight is 382 g/mol. The van der Waals surface area contributed by atoms with Crippen molar-refractivity contribution in [1.29, 1.82) is 5.26 Å². The zero-order valence-corrected chi connectivity index (χ0v) is 16.8. The average Bonchev–Trinajstić information content (AvgIpc) is 2.97. The Labute approximate surface area is 163 Å². The van der Waals surface area contributed by atoms with Crippen LogP contribution >= 0.6 is 11.3 Å². The molecule has 0 aliphatic carbocycles. The number of carbonyl (C=O) groups excluding carboxylic acids is 2. The smallest absolute Gasteiger partial charge is 0.264 e. The first-order chi connectivity index (χ1) is 12.9. The van der Waals surface area contributed by atoms with E-state index in [9.17, 15) is 14.9 Å². The largest absolute Gasteiger partial charge is 0.338 e. The number of rotatable bonds is 6. The lowest BCUT2D eigenvalue weighted by molar-refractivity contribution is -0.111. The van der Waals surface area contributed by atoms with Crippen molar-refractivity contribution in [3.05, 3.63) is 57.5 Å². The van der Waals surface area contributed by atoms with Crippen LogP contribution in [0.1, 0.15) is 45.8 Å². The molecule has 0 saturated heterocycles. The number of hydrogen-bond acceptors (Lipinski definition) is 4. The van der Waals surface area contributed by atoms with Gasteiger partial charge in [-0.3, -0.25) is 9.59 Å². The van der Waals surface area contributed by atoms with Gasteiger partial charge in [0.05, 0.1) is 10.4 Å². The quantitative estimate of drug-likeness (QED) is 0.755. The number of carbonyl (C=O) groups is 2. The van der Waals surface area contributed by atoms with Gasteiger partial charge in [-0.15, -0.1) is 11.3 Å². The van der Waals surface area contributed by atoms with Crippen LogP contribution in [0, 0.1) is 25.2 Å². The summed E-state index contributed by atoms with van der Waals surface area (Å²) in [6, 6.07) is 9.90. The lowest BCUT2D eigenvalue weighted by Gasteiger charge is -2.17. The summed E-state index contributed by atoms with van der Waals surface area (Å²) in [5.41, 5.74) is 3.01. The van der Waals surface area contributed by atoms with Crippen LogP contribution in [0.15, 0.2) is 30.3 Å². The highest BCUT2D eigenvalue weighted by Gasteiger charge is 2.23. The molecule has 0 saturated carbocycles. The van der Waals surface area contributed by atoms with Gasteiger partial charge in [-0.25, -0.2) is 0 Å². The maximum atomic E-state index is 12.6. The number of hydrogen-bond donors (Lipinski definition) is 1. The molecular weight excluding hydrogens is 358 g/mol. The SMILES string of the molecule is CCN(CC)C(=O)c1sc(NC(=O)C=Cc2ccc(C)cc2)c(C#N)c1C. The predicted molar refractivity (Wildman–Crippen MR) is 110 cm³/mol. The van der Waals surface area contributed by atoms with E-state index in [1.807, 2.05) is 45.0 Å². The van der Waals surface area contributed by atoms with Gasteiger partial charge in [0.2, 0.25) is 5.91 Å². The molecule has 1 aromatic heterocycles. The summed E-state index contributed by atoms with van der Waals surface area (Å²) in [4.78, 5) is 27.1. The second kappa shape index (κ2) is 9.15. The third-order valence-corrected chi connectivity index (χ3v) is 5.44. The molecule has 0 radical (unpaired) electrons. The second-order valence-electron chi connectivity index (χ2n) is 6.08. The van der Waals surface area contributed by atoms with Gasteiger partial charge in [0.15, 0.2) is 0 Å². The molecule has 1 heterocycles. The molecule has 6 heteroatoms. The molecule has 0 spiro atoms. The fraction of sp³-hybridized carbons (Fsp3) is 0.286. The standard InChI is InChI=1S/C21H23N3O2S/c1-5-24(6-2)21(26)19-15(4)17(13-22)20(27-19)23-18(25)12-11-16-9-7-14(3)8-10-16/h7-12H,5-6H2,1-4H3,(H,23,25). The molecule has 5 nitrogen and oxygen atoms in total. The summed E-state index contributed by atoms with van der Waals surface area (Å²) >= 11 is 1.15. The van der Waals surface area contributed by atoms with Crippen LogP contribution in [0.2, 0.25) is 0 Å². The summed E-state index contributed by atoms with van der Waals surface area (Å²) in [6.45, 7) is 8.75. The molecule has 0 atom stereocenters. The summed E-state index contributed by atoms with van der Waals surface area (Å²) in [5.74, 6) is -0.454. The molecule has 2 amide bonds. The van der Waals surface area contributed by atoms with Gasteiger partial charge in [0, 0.05) is 19.2 Å². The van der Waals surface area contributed by atoms with E-state index in [2.05, 4.69) is 11.4 Å². The summed E-state index contributed by atoms with van der Waals surface area (Å²) in [5, 5.41) is 12.6. The number of nitrogens with one attached hydrogen (secondary N) is 1. The van der Waals surface area contributed by atoms with Crippen LogP contribution in [0.3, 0.4) is 0 Å². The van der Waals surface area contributed by atoms with Crippen molar-refractivity contribution >= 4 is 34.2 Å². The molecule has 0 aliphatic heterocycles. The van der Waals surface area contributed by atoms with Crippen LogP contribution in [0.4, 0.5) is 5.00 Å². The highest BCUT2D eigenvalue weighted by molar-refractivity contribution is 7.18. The maximum Gasteiger partial charge on any atom is 0.264 e. The molecule has 0 bridgehead atoms. The molecule has 0 fully saturated rings. The van der Waals surface area contributed by atoms with Crippen molar-refractivity contribution in [2.45, 2.75) is 27.7 Å². The third-order valence-electron chi connectivity index (χ3n) is 4.24. The number of anilines is 1. The Kier molecular flexibility index (Phi) is 6.91. The van der Waals surface area contributed by atoms with Crippen LogP contribution < -0.4 is 5.32 Å². The Bertz CT molecular complexity index is 901. The molecule has 2 rings (SSSR count). The highest BCUT2D eigenvalue weighted by atomic mass is 32.1. The molecule has 0 unspecified atom stereocenters. The minimum atomic E-state index is -0.338. The van der Waals surface area contributed by atoms with Crippen LogP contribution in [-0.2, 0) is 4.79 Å². The van der Waals surface area contributed by atoms with E-state index >= 15 is 0 Å². The zero-order valence-electron chi connectivity index (χ0n) is 16.0. The van der Waals surface area contributed by atoms with Crippen LogP contribution in [0.5, 0.6) is 0 Å². The Hall–Kier alpha value is -2.91. The number of amides is 2. The van der Waals surface area contributed by atoms with Gasteiger partial charge < -0.3 is 10.2 Å². The van der Waals surface area contributed by atoms with E-state index in [0.717, 1.165) is 22.5 Å². The van der Waals surface area contributed by atoms with Crippen molar-refractivity contribution in [1.82, 2.24) is 4.90 Å². The van der Waals surface area contributed by atoms with Crippen LogP contribution in [-0.4, -0.2) is 29.8 Å². The Morgan fingerprint density at radius 3 is 2.37 bits per heavy atom. The second-order valence-corrected chi connectivity index (χ2v) is 7.10. The van der Waals surface area contributed by atoms with Crippen LogP contribution in [0.25, 0.3) is 6.08 Å². The first kappa shape index (κ1) is 20.4. The van der Waals surface area contributed by atoms with E-state index in [-0.39, 0.29) is 11.8 Å². The fourth-order valence-corrected chi connectivity index (χ4v) is 3.73. The minimum Gasteiger partial charge on any atom is -0.338 e. The monoisotopic (exact) mass is 381 g/mol. The van der Waals surface area contributed by atoms with Gasteiger partial charge in [-0.2, -0.15) is 5.26 Å². The van der Waals surface area contributed by atoms with Crippen molar-refractivity contribution < 1.29 is 9.59 Å². The number of aryl methyl sites for hydroxylation is 1. The molecule has 0 aliphatic rings. The fourth-order valence-electron chi connectivity index (χ4n) is 2.60. The molecule has 140 valence electrons. The lowest BCUT2D eigenvalue weighted by atomic mass is 10.1. The number of benzene rings is 1. The summed E-state index contributed by atoms with van der Waals surface area (Å²) in [6.07, 6.45) is 3.13. The highest BCUT2D eigenvalue weighted by Crippen LogP contribution is 2.33. The predicted octanol–water partition coefficient (Wildman–Crippen LogP) is 4.37. The molecule has 2 aromatic rings. The topological polar surface area (TPSA) is 73.2 Å².